The number of nitrogens with one attached hydrogen (secondary N) is 1. The second kappa shape index (κ2) is 12.3. The van der Waals surface area contributed by atoms with E-state index in [0.717, 1.165) is 90.5 Å². The first-order valence-electron chi connectivity index (χ1n) is 14.4. The SMILES string of the molecule is CCCCc1nc2ccc(NC(=O)CC3(CC=O)CCCC3)cc2n1Cc1ccc(-c2ccccc2C#N)cc1. The smallest absolute Gasteiger partial charge is 0.224 e. The summed E-state index contributed by atoms with van der Waals surface area (Å²) in [6.07, 6.45) is 8.86. The molecular formula is C34H36N4O2. The lowest BCUT2D eigenvalue weighted by Crippen LogP contribution is -2.25. The predicted octanol–water partition coefficient (Wildman–Crippen LogP) is 7.44. The Morgan fingerprint density at radius 3 is 2.60 bits per heavy atom. The number of aryl methyl sites for hydroxylation is 1. The quantitative estimate of drug-likeness (QED) is 0.203. The molecule has 3 aromatic carbocycles. The molecule has 1 aliphatic carbocycles. The molecular weight excluding hydrogens is 496 g/mol. The van der Waals surface area contributed by atoms with Crippen molar-refractivity contribution in [2.45, 2.75) is 71.3 Å². The Labute approximate surface area is 236 Å². The number of benzene rings is 3. The van der Waals surface area contributed by atoms with E-state index in [9.17, 15) is 14.9 Å². The van der Waals surface area contributed by atoms with Gasteiger partial charge in [-0.15, -0.1) is 0 Å². The van der Waals surface area contributed by atoms with E-state index in [4.69, 9.17) is 4.98 Å². The van der Waals surface area contributed by atoms with Crippen molar-refractivity contribution in [1.82, 2.24) is 9.55 Å². The molecule has 6 heteroatoms. The zero-order chi connectivity index (χ0) is 28.0. The largest absolute Gasteiger partial charge is 0.326 e. The van der Waals surface area contributed by atoms with Crippen LogP contribution in [0.5, 0.6) is 0 Å². The van der Waals surface area contributed by atoms with Gasteiger partial charge in [-0.3, -0.25) is 4.79 Å². The molecule has 40 heavy (non-hydrogen) atoms. The number of fused-ring (bicyclic) bond motifs is 1. The van der Waals surface area contributed by atoms with Gasteiger partial charge in [0.25, 0.3) is 0 Å². The van der Waals surface area contributed by atoms with Gasteiger partial charge >= 0.3 is 0 Å². The van der Waals surface area contributed by atoms with Crippen molar-refractivity contribution < 1.29 is 9.59 Å². The molecule has 6 nitrogen and oxygen atoms in total. The minimum atomic E-state index is -0.190. The van der Waals surface area contributed by atoms with Crippen LogP contribution in [0, 0.1) is 16.7 Å². The van der Waals surface area contributed by atoms with Crippen LogP contribution in [-0.2, 0) is 22.6 Å². The molecule has 1 N–H and O–H groups in total. The van der Waals surface area contributed by atoms with Crippen molar-refractivity contribution in [3.63, 3.8) is 0 Å². The van der Waals surface area contributed by atoms with E-state index >= 15 is 0 Å². The fourth-order valence-corrected chi connectivity index (χ4v) is 6.06. The summed E-state index contributed by atoms with van der Waals surface area (Å²) in [6.45, 7) is 2.84. The van der Waals surface area contributed by atoms with Crippen LogP contribution >= 0.6 is 0 Å². The summed E-state index contributed by atoms with van der Waals surface area (Å²) < 4.78 is 2.25. The molecule has 0 unspecified atom stereocenters. The second-order valence-corrected chi connectivity index (χ2v) is 11.1. The molecule has 0 bridgehead atoms. The van der Waals surface area contributed by atoms with Gasteiger partial charge in [0.2, 0.25) is 5.91 Å². The van der Waals surface area contributed by atoms with E-state index in [2.05, 4.69) is 47.1 Å². The van der Waals surface area contributed by atoms with E-state index in [-0.39, 0.29) is 11.3 Å². The molecule has 1 fully saturated rings. The van der Waals surface area contributed by atoms with Crippen molar-refractivity contribution >= 4 is 28.9 Å². The number of nitrogens with zero attached hydrogens (tertiary/aromatic N) is 3. The number of carbonyl (C=O) groups is 2. The normalized spacial score (nSPS) is 14.2. The van der Waals surface area contributed by atoms with Gasteiger partial charge in [0.15, 0.2) is 0 Å². The molecule has 1 heterocycles. The van der Waals surface area contributed by atoms with Crippen LogP contribution in [0.2, 0.25) is 0 Å². The Balaban J connectivity index is 1.40. The summed E-state index contributed by atoms with van der Waals surface area (Å²) in [7, 11) is 0. The predicted molar refractivity (Wildman–Crippen MR) is 159 cm³/mol. The summed E-state index contributed by atoms with van der Waals surface area (Å²) >= 11 is 0. The lowest BCUT2D eigenvalue weighted by Gasteiger charge is -2.25. The van der Waals surface area contributed by atoms with Crippen molar-refractivity contribution in [1.29, 1.82) is 5.26 Å². The van der Waals surface area contributed by atoms with E-state index in [0.29, 0.717) is 24.9 Å². The number of hydrogen-bond donors (Lipinski definition) is 1. The number of amides is 1. The van der Waals surface area contributed by atoms with Crippen molar-refractivity contribution in [3.05, 3.63) is 83.7 Å². The maximum absolute atomic E-state index is 13.0. The number of anilines is 1. The zero-order valence-electron chi connectivity index (χ0n) is 23.2. The lowest BCUT2D eigenvalue weighted by molar-refractivity contribution is -0.119. The van der Waals surface area contributed by atoms with Crippen LogP contribution < -0.4 is 5.32 Å². The minimum Gasteiger partial charge on any atom is -0.326 e. The van der Waals surface area contributed by atoms with E-state index in [1.54, 1.807) is 0 Å². The zero-order valence-corrected chi connectivity index (χ0v) is 23.2. The van der Waals surface area contributed by atoms with Crippen LogP contribution in [0.25, 0.3) is 22.2 Å². The third kappa shape index (κ3) is 5.99. The average molecular weight is 533 g/mol. The molecule has 0 spiro atoms. The van der Waals surface area contributed by atoms with Gasteiger partial charge in [0.05, 0.1) is 22.7 Å². The summed E-state index contributed by atoms with van der Waals surface area (Å²) in [5, 5.41) is 12.6. The highest BCUT2D eigenvalue weighted by Gasteiger charge is 2.35. The number of unbranched alkanes of at least 4 members (excludes halogenated alkanes) is 1. The standard InChI is InChI=1S/C34H36N4O2/c1-2-3-10-32-37-30-16-15-28(36-33(40)22-34(19-20-39)17-6-7-18-34)21-31(30)38(32)24-25-11-13-26(14-12-25)29-9-5-4-8-27(29)23-35/h4-5,8-9,11-16,20-21H,2-3,6-7,10,17-19,22,24H2,1H3,(H,36,40). The maximum Gasteiger partial charge on any atom is 0.224 e. The van der Waals surface area contributed by atoms with Crippen LogP contribution in [0.15, 0.2) is 66.7 Å². The van der Waals surface area contributed by atoms with Crippen LogP contribution in [0.3, 0.4) is 0 Å². The highest BCUT2D eigenvalue weighted by Crippen LogP contribution is 2.43. The second-order valence-electron chi connectivity index (χ2n) is 11.1. The molecule has 0 saturated heterocycles. The number of carbonyl (C=O) groups excluding carboxylic acids is 2. The van der Waals surface area contributed by atoms with Crippen molar-refractivity contribution in [2.75, 3.05) is 5.32 Å². The summed E-state index contributed by atoms with van der Waals surface area (Å²) in [6, 6.07) is 24.2. The topological polar surface area (TPSA) is 87.8 Å². The van der Waals surface area contributed by atoms with E-state index in [1.807, 2.05) is 42.5 Å². The fourth-order valence-electron chi connectivity index (χ4n) is 6.06. The summed E-state index contributed by atoms with van der Waals surface area (Å²) in [5.74, 6) is 1.00. The molecule has 4 aromatic rings. The number of aromatic nitrogens is 2. The fraction of sp³-hybridized carbons (Fsp3) is 0.353. The Hall–Kier alpha value is -4.24. The number of hydrogen-bond acceptors (Lipinski definition) is 4. The molecule has 5 rings (SSSR count). The highest BCUT2D eigenvalue weighted by molar-refractivity contribution is 5.93. The summed E-state index contributed by atoms with van der Waals surface area (Å²) in [5.41, 5.74) is 6.22. The Bertz CT molecular complexity index is 1540. The molecule has 1 aromatic heterocycles. The van der Waals surface area contributed by atoms with Gasteiger partial charge in [-0.1, -0.05) is 68.7 Å². The number of rotatable bonds is 11. The Kier molecular flexibility index (Phi) is 8.40. The number of imidazole rings is 1. The summed E-state index contributed by atoms with van der Waals surface area (Å²) in [4.78, 5) is 29.3. The van der Waals surface area contributed by atoms with Gasteiger partial charge in [-0.25, -0.2) is 4.98 Å². The van der Waals surface area contributed by atoms with Gasteiger partial charge in [0.1, 0.15) is 12.1 Å². The van der Waals surface area contributed by atoms with Gasteiger partial charge in [-0.2, -0.15) is 5.26 Å². The van der Waals surface area contributed by atoms with Crippen molar-refractivity contribution in [3.8, 4) is 17.2 Å². The Morgan fingerprint density at radius 1 is 1.10 bits per heavy atom. The molecule has 1 amide bonds. The molecule has 0 atom stereocenters. The molecule has 1 aliphatic rings. The molecule has 0 aliphatic heterocycles. The van der Waals surface area contributed by atoms with Crippen molar-refractivity contribution in [2.24, 2.45) is 5.41 Å². The van der Waals surface area contributed by atoms with Gasteiger partial charge < -0.3 is 14.7 Å². The Morgan fingerprint density at radius 2 is 1.88 bits per heavy atom. The third-order valence-electron chi connectivity index (χ3n) is 8.23. The minimum absolute atomic E-state index is 0.0337. The molecule has 204 valence electrons. The molecule has 1 saturated carbocycles. The third-order valence-corrected chi connectivity index (χ3v) is 8.23. The van der Waals surface area contributed by atoms with Crippen LogP contribution in [0.1, 0.15) is 75.2 Å². The average Bonchev–Trinajstić information content (AvgIpc) is 3.56. The van der Waals surface area contributed by atoms with Crippen LogP contribution in [0.4, 0.5) is 5.69 Å². The monoisotopic (exact) mass is 532 g/mol. The van der Waals surface area contributed by atoms with Gasteiger partial charge in [0, 0.05) is 31.5 Å². The highest BCUT2D eigenvalue weighted by atomic mass is 16.1. The first-order valence-corrected chi connectivity index (χ1v) is 14.4. The molecule has 0 radical (unpaired) electrons. The lowest BCUT2D eigenvalue weighted by atomic mass is 9.80. The first-order chi connectivity index (χ1) is 19.5. The number of aldehydes is 1. The van der Waals surface area contributed by atoms with E-state index < -0.39 is 0 Å². The first kappa shape index (κ1) is 27.3. The van der Waals surface area contributed by atoms with Crippen LogP contribution in [-0.4, -0.2) is 21.7 Å². The van der Waals surface area contributed by atoms with E-state index in [1.165, 1.54) is 0 Å². The number of nitriles is 1. The maximum atomic E-state index is 13.0. The van der Waals surface area contributed by atoms with Gasteiger partial charge in [-0.05, 0) is 65.6 Å².